The number of amides is 2. The summed E-state index contributed by atoms with van der Waals surface area (Å²) >= 11 is 0. The second kappa shape index (κ2) is 11.3. The summed E-state index contributed by atoms with van der Waals surface area (Å²) in [7, 11) is 0. The fourth-order valence-electron chi connectivity index (χ4n) is 3.98. The molecule has 1 fully saturated rings. The maximum Gasteiger partial charge on any atom is 0.253 e. The molecule has 1 aliphatic rings. The van der Waals surface area contributed by atoms with Gasteiger partial charge in [0.25, 0.3) is 5.91 Å². The third-order valence-electron chi connectivity index (χ3n) is 5.70. The molecule has 0 spiro atoms. The number of hydrogen-bond acceptors (Lipinski definition) is 4. The van der Waals surface area contributed by atoms with Crippen molar-refractivity contribution in [3.8, 4) is 0 Å². The van der Waals surface area contributed by atoms with Gasteiger partial charge in [-0.25, -0.2) is 0 Å². The third-order valence-corrected chi connectivity index (χ3v) is 5.70. The van der Waals surface area contributed by atoms with E-state index in [1.54, 1.807) is 12.1 Å². The summed E-state index contributed by atoms with van der Waals surface area (Å²) in [5.74, 6) is -0.345. The molecule has 1 saturated heterocycles. The third kappa shape index (κ3) is 6.20. The van der Waals surface area contributed by atoms with Gasteiger partial charge in [0.15, 0.2) is 0 Å². The average molecular weight is 444 g/mol. The van der Waals surface area contributed by atoms with Crippen molar-refractivity contribution >= 4 is 17.5 Å². The molecule has 1 atom stereocenters. The fourth-order valence-corrected chi connectivity index (χ4v) is 3.98. The molecule has 6 nitrogen and oxygen atoms in total. The van der Waals surface area contributed by atoms with Crippen LogP contribution in [0.15, 0.2) is 84.9 Å². The van der Waals surface area contributed by atoms with Gasteiger partial charge in [0.2, 0.25) is 5.91 Å². The number of carbonyl (C=O) groups excluding carboxylic acids is 2. The smallest absolute Gasteiger partial charge is 0.253 e. The van der Waals surface area contributed by atoms with Crippen molar-refractivity contribution in [2.45, 2.75) is 25.0 Å². The van der Waals surface area contributed by atoms with Crippen molar-refractivity contribution in [2.24, 2.45) is 0 Å². The summed E-state index contributed by atoms with van der Waals surface area (Å²) in [6.07, 6.45) is 2.07. The molecule has 0 unspecified atom stereocenters. The minimum atomic E-state index is -0.258. The van der Waals surface area contributed by atoms with Crippen molar-refractivity contribution in [1.82, 2.24) is 10.6 Å². The molecule has 2 amide bonds. The first kappa shape index (κ1) is 22.6. The predicted octanol–water partition coefficient (Wildman–Crippen LogP) is 3.91. The Morgan fingerprint density at radius 1 is 0.879 bits per heavy atom. The van der Waals surface area contributed by atoms with E-state index in [4.69, 9.17) is 4.74 Å². The number of nitrogens with one attached hydrogen (secondary N) is 3. The van der Waals surface area contributed by atoms with Gasteiger partial charge in [-0.2, -0.15) is 0 Å². The maximum absolute atomic E-state index is 12.9. The molecule has 3 N–H and O–H groups in total. The van der Waals surface area contributed by atoms with Gasteiger partial charge in [-0.1, -0.05) is 72.8 Å². The summed E-state index contributed by atoms with van der Waals surface area (Å²) in [4.78, 5) is 25.6. The zero-order chi connectivity index (χ0) is 22.9. The molecule has 33 heavy (non-hydrogen) atoms. The lowest BCUT2D eigenvalue weighted by molar-refractivity contribution is -0.119. The first-order valence-electron chi connectivity index (χ1n) is 11.3. The SMILES string of the molecule is O=C(CNc1ccccc1C(=O)NC[C@H]1CCCO1)NC(c1ccccc1)c1ccccc1. The summed E-state index contributed by atoms with van der Waals surface area (Å²) in [5.41, 5.74) is 3.14. The Morgan fingerprint density at radius 3 is 2.15 bits per heavy atom. The van der Waals surface area contributed by atoms with Gasteiger partial charge >= 0.3 is 0 Å². The Kier molecular flexibility index (Phi) is 7.72. The summed E-state index contributed by atoms with van der Waals surface area (Å²) in [5, 5.41) is 9.18. The largest absolute Gasteiger partial charge is 0.376 e. The Morgan fingerprint density at radius 2 is 1.52 bits per heavy atom. The van der Waals surface area contributed by atoms with Crippen LogP contribution in [0, 0.1) is 0 Å². The standard InChI is InChI=1S/C27H29N3O3/c31-25(30-26(20-10-3-1-4-11-20)21-12-5-2-6-13-21)19-28-24-16-8-7-15-23(24)27(32)29-18-22-14-9-17-33-22/h1-8,10-13,15-16,22,26,28H,9,14,17-19H2,(H,29,32)(H,30,31)/t22-/m1/s1. The first-order valence-corrected chi connectivity index (χ1v) is 11.3. The van der Waals surface area contributed by atoms with Gasteiger partial charge in [0.05, 0.1) is 24.3 Å². The molecule has 4 rings (SSSR count). The number of para-hydroxylation sites is 1. The zero-order valence-corrected chi connectivity index (χ0v) is 18.5. The van der Waals surface area contributed by atoms with Crippen LogP contribution in [0.1, 0.15) is 40.4 Å². The molecular weight excluding hydrogens is 414 g/mol. The number of carbonyl (C=O) groups is 2. The predicted molar refractivity (Wildman–Crippen MR) is 129 cm³/mol. The average Bonchev–Trinajstić information content (AvgIpc) is 3.39. The molecule has 0 radical (unpaired) electrons. The Hall–Kier alpha value is -3.64. The van der Waals surface area contributed by atoms with E-state index < -0.39 is 0 Å². The molecule has 6 heteroatoms. The molecule has 170 valence electrons. The Balaban J connectivity index is 1.39. The molecular formula is C27H29N3O3. The van der Waals surface area contributed by atoms with Crippen molar-refractivity contribution in [1.29, 1.82) is 0 Å². The fraction of sp³-hybridized carbons (Fsp3) is 0.259. The number of rotatable bonds is 9. The van der Waals surface area contributed by atoms with E-state index in [0.29, 0.717) is 17.8 Å². The van der Waals surface area contributed by atoms with Crippen LogP contribution < -0.4 is 16.0 Å². The van der Waals surface area contributed by atoms with E-state index in [2.05, 4.69) is 16.0 Å². The highest BCUT2D eigenvalue weighted by molar-refractivity contribution is 6.00. The summed E-state index contributed by atoms with van der Waals surface area (Å²) in [6, 6.07) is 26.7. The van der Waals surface area contributed by atoms with Crippen molar-refractivity contribution in [3.63, 3.8) is 0 Å². The van der Waals surface area contributed by atoms with Crippen LogP contribution in [-0.4, -0.2) is 37.6 Å². The highest BCUT2D eigenvalue weighted by Gasteiger charge is 2.19. The van der Waals surface area contributed by atoms with Crippen LogP contribution >= 0.6 is 0 Å². The molecule has 0 aromatic heterocycles. The highest BCUT2D eigenvalue weighted by Crippen LogP contribution is 2.22. The van der Waals surface area contributed by atoms with E-state index >= 15 is 0 Å². The Labute approximate surface area is 194 Å². The molecule has 0 bridgehead atoms. The number of hydrogen-bond donors (Lipinski definition) is 3. The molecule has 1 aliphatic heterocycles. The molecule has 0 saturated carbocycles. The van der Waals surface area contributed by atoms with Crippen LogP contribution in [0.3, 0.4) is 0 Å². The van der Waals surface area contributed by atoms with E-state index in [0.717, 1.165) is 30.6 Å². The quantitative estimate of drug-likeness (QED) is 0.468. The van der Waals surface area contributed by atoms with Crippen LogP contribution in [0.2, 0.25) is 0 Å². The number of benzene rings is 3. The van der Waals surface area contributed by atoms with Crippen LogP contribution in [-0.2, 0) is 9.53 Å². The van der Waals surface area contributed by atoms with Gasteiger partial charge in [0, 0.05) is 18.8 Å². The van der Waals surface area contributed by atoms with Crippen molar-refractivity contribution in [2.75, 3.05) is 25.0 Å². The highest BCUT2D eigenvalue weighted by atomic mass is 16.5. The monoisotopic (exact) mass is 443 g/mol. The van der Waals surface area contributed by atoms with Crippen molar-refractivity contribution in [3.05, 3.63) is 102 Å². The first-order chi connectivity index (χ1) is 16.2. The van der Waals surface area contributed by atoms with E-state index in [-0.39, 0.29) is 30.5 Å². The zero-order valence-electron chi connectivity index (χ0n) is 18.5. The number of ether oxygens (including phenoxy) is 1. The van der Waals surface area contributed by atoms with E-state index in [9.17, 15) is 9.59 Å². The minimum Gasteiger partial charge on any atom is -0.376 e. The van der Waals surface area contributed by atoms with Crippen LogP contribution in [0.4, 0.5) is 5.69 Å². The topological polar surface area (TPSA) is 79.5 Å². The molecule has 3 aromatic rings. The molecule has 3 aromatic carbocycles. The summed E-state index contributed by atoms with van der Waals surface area (Å²) < 4.78 is 5.58. The van der Waals surface area contributed by atoms with E-state index in [1.165, 1.54) is 0 Å². The summed E-state index contributed by atoms with van der Waals surface area (Å²) in [6.45, 7) is 1.29. The van der Waals surface area contributed by atoms with Gasteiger partial charge in [-0.3, -0.25) is 9.59 Å². The van der Waals surface area contributed by atoms with E-state index in [1.807, 2.05) is 72.8 Å². The van der Waals surface area contributed by atoms with Crippen LogP contribution in [0.5, 0.6) is 0 Å². The maximum atomic E-state index is 12.9. The lowest BCUT2D eigenvalue weighted by Gasteiger charge is -2.20. The van der Waals surface area contributed by atoms with Gasteiger partial charge in [-0.15, -0.1) is 0 Å². The number of anilines is 1. The second-order valence-corrected chi connectivity index (χ2v) is 8.07. The van der Waals surface area contributed by atoms with Gasteiger partial charge in [-0.05, 0) is 36.1 Å². The van der Waals surface area contributed by atoms with Crippen LogP contribution in [0.25, 0.3) is 0 Å². The Bertz CT molecular complexity index is 1010. The normalized spacial score (nSPS) is 15.2. The van der Waals surface area contributed by atoms with Gasteiger partial charge in [0.1, 0.15) is 0 Å². The minimum absolute atomic E-state index is 0.0478. The molecule has 1 heterocycles. The van der Waals surface area contributed by atoms with Gasteiger partial charge < -0.3 is 20.7 Å². The lowest BCUT2D eigenvalue weighted by atomic mass is 9.99. The molecule has 0 aliphatic carbocycles. The lowest BCUT2D eigenvalue weighted by Crippen LogP contribution is -2.35. The van der Waals surface area contributed by atoms with Crippen molar-refractivity contribution < 1.29 is 14.3 Å². The second-order valence-electron chi connectivity index (χ2n) is 8.07.